The van der Waals surface area contributed by atoms with Crippen molar-refractivity contribution >= 4 is 5.91 Å². The van der Waals surface area contributed by atoms with E-state index >= 15 is 0 Å². The van der Waals surface area contributed by atoms with E-state index in [2.05, 4.69) is 11.8 Å². The lowest BCUT2D eigenvalue weighted by molar-refractivity contribution is -0.140. The van der Waals surface area contributed by atoms with Crippen molar-refractivity contribution in [2.75, 3.05) is 32.7 Å². The Balaban J connectivity index is 1.52. The van der Waals surface area contributed by atoms with Gasteiger partial charge in [-0.15, -0.1) is 0 Å². The highest BCUT2D eigenvalue weighted by atomic mass is 16.2. The molecule has 1 heterocycles. The summed E-state index contributed by atoms with van der Waals surface area (Å²) in [6.07, 6.45) is 6.88. The van der Waals surface area contributed by atoms with Crippen molar-refractivity contribution in [3.05, 3.63) is 0 Å². The van der Waals surface area contributed by atoms with Crippen molar-refractivity contribution in [3.63, 3.8) is 0 Å². The van der Waals surface area contributed by atoms with Crippen LogP contribution >= 0.6 is 0 Å². The molecule has 3 fully saturated rings. The van der Waals surface area contributed by atoms with E-state index in [1.807, 2.05) is 4.90 Å². The maximum absolute atomic E-state index is 12.7. The fourth-order valence-corrected chi connectivity index (χ4v) is 3.90. The normalized spacial score (nSPS) is 36.1. The number of carbonyl (C=O) groups excluding carboxylic acids is 1. The smallest absolute Gasteiger partial charge is 0.242 e. The average molecular weight is 279 g/mol. The van der Waals surface area contributed by atoms with Crippen molar-refractivity contribution in [1.82, 2.24) is 9.80 Å². The standard InChI is InChI=1S/C16H29N3O/c1-13-3-2-6-16(17,11-13)15(20)19-9-7-18(8-10-19)12-14-4-5-14/h13-14H,2-12,17H2,1H3. The van der Waals surface area contributed by atoms with E-state index in [0.717, 1.165) is 51.4 Å². The van der Waals surface area contributed by atoms with E-state index in [1.54, 1.807) is 0 Å². The average Bonchev–Trinajstić information content (AvgIpc) is 3.22. The summed E-state index contributed by atoms with van der Waals surface area (Å²) in [6.45, 7) is 7.29. The van der Waals surface area contributed by atoms with Crippen LogP contribution in [0.3, 0.4) is 0 Å². The van der Waals surface area contributed by atoms with Gasteiger partial charge in [-0.1, -0.05) is 19.8 Å². The molecule has 2 N–H and O–H groups in total. The SMILES string of the molecule is CC1CCCC(N)(C(=O)N2CCN(CC3CC3)CC2)C1. The fourth-order valence-electron chi connectivity index (χ4n) is 3.90. The summed E-state index contributed by atoms with van der Waals surface area (Å²) in [5, 5.41) is 0. The molecule has 1 amide bonds. The Morgan fingerprint density at radius 1 is 1.20 bits per heavy atom. The van der Waals surface area contributed by atoms with Gasteiger partial charge in [-0.25, -0.2) is 0 Å². The molecule has 2 atom stereocenters. The zero-order valence-corrected chi connectivity index (χ0v) is 12.8. The van der Waals surface area contributed by atoms with Gasteiger partial charge in [0.15, 0.2) is 0 Å². The van der Waals surface area contributed by atoms with Crippen molar-refractivity contribution in [1.29, 1.82) is 0 Å². The zero-order chi connectivity index (χ0) is 14.2. The molecule has 0 radical (unpaired) electrons. The predicted octanol–water partition coefficient (Wildman–Crippen LogP) is 1.45. The highest BCUT2D eigenvalue weighted by Crippen LogP contribution is 2.33. The van der Waals surface area contributed by atoms with Crippen LogP contribution in [0.25, 0.3) is 0 Å². The van der Waals surface area contributed by atoms with Gasteiger partial charge in [-0.3, -0.25) is 9.69 Å². The van der Waals surface area contributed by atoms with Crippen molar-refractivity contribution in [2.24, 2.45) is 17.6 Å². The van der Waals surface area contributed by atoms with Gasteiger partial charge in [-0.05, 0) is 37.5 Å². The second kappa shape index (κ2) is 5.64. The molecule has 4 nitrogen and oxygen atoms in total. The third-order valence-corrected chi connectivity index (χ3v) is 5.33. The molecule has 2 saturated carbocycles. The van der Waals surface area contributed by atoms with E-state index in [-0.39, 0.29) is 5.91 Å². The Bertz CT molecular complexity index is 361. The molecule has 20 heavy (non-hydrogen) atoms. The number of piperazine rings is 1. The molecule has 1 saturated heterocycles. The lowest BCUT2D eigenvalue weighted by Gasteiger charge is -2.42. The lowest BCUT2D eigenvalue weighted by Crippen LogP contribution is -2.61. The van der Waals surface area contributed by atoms with Crippen molar-refractivity contribution in [2.45, 2.75) is 51.0 Å². The maximum atomic E-state index is 12.7. The van der Waals surface area contributed by atoms with E-state index in [0.29, 0.717) is 5.92 Å². The monoisotopic (exact) mass is 279 g/mol. The molecule has 4 heteroatoms. The van der Waals surface area contributed by atoms with Crippen LogP contribution in [0, 0.1) is 11.8 Å². The van der Waals surface area contributed by atoms with Gasteiger partial charge < -0.3 is 10.6 Å². The van der Waals surface area contributed by atoms with Crippen molar-refractivity contribution < 1.29 is 4.79 Å². The minimum Gasteiger partial charge on any atom is -0.339 e. The topological polar surface area (TPSA) is 49.6 Å². The third-order valence-electron chi connectivity index (χ3n) is 5.33. The molecule has 0 spiro atoms. The summed E-state index contributed by atoms with van der Waals surface area (Å²) < 4.78 is 0. The second-order valence-corrected chi connectivity index (χ2v) is 7.39. The molecule has 0 bridgehead atoms. The minimum atomic E-state index is -0.573. The van der Waals surface area contributed by atoms with Gasteiger partial charge >= 0.3 is 0 Å². The van der Waals surface area contributed by atoms with E-state index in [9.17, 15) is 4.79 Å². The summed E-state index contributed by atoms with van der Waals surface area (Å²) in [5.41, 5.74) is 5.87. The van der Waals surface area contributed by atoms with Crippen LogP contribution in [-0.2, 0) is 4.79 Å². The van der Waals surface area contributed by atoms with Crippen LogP contribution in [0.1, 0.15) is 45.4 Å². The van der Waals surface area contributed by atoms with Gasteiger partial charge in [0.05, 0.1) is 5.54 Å². The highest BCUT2D eigenvalue weighted by Gasteiger charge is 2.41. The van der Waals surface area contributed by atoms with Crippen LogP contribution in [0.4, 0.5) is 0 Å². The number of amides is 1. The van der Waals surface area contributed by atoms with E-state index in [4.69, 9.17) is 5.73 Å². The number of rotatable bonds is 3. The third kappa shape index (κ3) is 3.17. The first kappa shape index (κ1) is 14.3. The van der Waals surface area contributed by atoms with Gasteiger partial charge in [0.25, 0.3) is 0 Å². The van der Waals surface area contributed by atoms with E-state index < -0.39 is 5.54 Å². The van der Waals surface area contributed by atoms with Gasteiger partial charge in [0, 0.05) is 32.7 Å². The van der Waals surface area contributed by atoms with Gasteiger partial charge in [0.1, 0.15) is 0 Å². The molecule has 114 valence electrons. The van der Waals surface area contributed by atoms with Crippen molar-refractivity contribution in [3.8, 4) is 0 Å². The fraction of sp³-hybridized carbons (Fsp3) is 0.938. The first-order chi connectivity index (χ1) is 9.57. The molecule has 2 aliphatic carbocycles. The second-order valence-electron chi connectivity index (χ2n) is 7.39. The lowest BCUT2D eigenvalue weighted by atomic mass is 9.76. The molecule has 1 aliphatic heterocycles. The number of nitrogens with zero attached hydrogens (tertiary/aromatic N) is 2. The maximum Gasteiger partial charge on any atom is 0.242 e. The number of carbonyl (C=O) groups is 1. The number of hydrogen-bond acceptors (Lipinski definition) is 3. The summed E-state index contributed by atoms with van der Waals surface area (Å²) in [5.74, 6) is 1.75. The summed E-state index contributed by atoms with van der Waals surface area (Å²) in [6, 6.07) is 0. The van der Waals surface area contributed by atoms with Gasteiger partial charge in [0.2, 0.25) is 5.91 Å². The first-order valence-electron chi connectivity index (χ1n) is 8.37. The minimum absolute atomic E-state index is 0.218. The first-order valence-corrected chi connectivity index (χ1v) is 8.37. The van der Waals surface area contributed by atoms with Crippen LogP contribution in [0.15, 0.2) is 0 Å². The summed E-state index contributed by atoms with van der Waals surface area (Å²) in [7, 11) is 0. The van der Waals surface area contributed by atoms with Crippen LogP contribution in [-0.4, -0.2) is 54.0 Å². The molecule has 2 unspecified atom stereocenters. The number of hydrogen-bond donors (Lipinski definition) is 1. The van der Waals surface area contributed by atoms with Crippen LogP contribution in [0.5, 0.6) is 0 Å². The zero-order valence-electron chi connectivity index (χ0n) is 12.8. The molecule has 0 aromatic carbocycles. The summed E-state index contributed by atoms with van der Waals surface area (Å²) >= 11 is 0. The highest BCUT2D eigenvalue weighted by molar-refractivity contribution is 5.86. The Morgan fingerprint density at radius 2 is 1.90 bits per heavy atom. The quantitative estimate of drug-likeness (QED) is 0.850. The predicted molar refractivity (Wildman–Crippen MR) is 80.3 cm³/mol. The Morgan fingerprint density at radius 3 is 2.50 bits per heavy atom. The molecule has 3 aliphatic rings. The van der Waals surface area contributed by atoms with Crippen LogP contribution < -0.4 is 5.73 Å². The molecule has 0 aromatic heterocycles. The summed E-state index contributed by atoms with van der Waals surface area (Å²) in [4.78, 5) is 17.3. The number of nitrogens with two attached hydrogens (primary N) is 1. The molecular weight excluding hydrogens is 250 g/mol. The molecule has 3 rings (SSSR count). The Kier molecular flexibility index (Phi) is 4.04. The Hall–Kier alpha value is -0.610. The van der Waals surface area contributed by atoms with Gasteiger partial charge in [-0.2, -0.15) is 0 Å². The largest absolute Gasteiger partial charge is 0.339 e. The molecular formula is C16H29N3O. The Labute approximate surface area is 122 Å². The molecule has 0 aromatic rings. The van der Waals surface area contributed by atoms with Crippen LogP contribution in [0.2, 0.25) is 0 Å². The van der Waals surface area contributed by atoms with E-state index in [1.165, 1.54) is 25.8 Å².